The average molecular weight is 221 g/mol. The van der Waals surface area contributed by atoms with Crippen LogP contribution in [-0.4, -0.2) is 18.5 Å². The highest BCUT2D eigenvalue weighted by molar-refractivity contribution is 5.94. The molecule has 0 aliphatic rings. The van der Waals surface area contributed by atoms with Crippen molar-refractivity contribution in [3.05, 3.63) is 34.4 Å². The first-order chi connectivity index (χ1) is 7.41. The topological polar surface area (TPSA) is 69.4 Å². The van der Waals surface area contributed by atoms with Gasteiger partial charge in [-0.1, -0.05) is 17.7 Å². The normalized spacial score (nSPS) is 9.94. The van der Waals surface area contributed by atoms with Crippen LogP contribution in [0.2, 0.25) is 0 Å². The van der Waals surface area contributed by atoms with Gasteiger partial charge in [0.2, 0.25) is 0 Å². The van der Waals surface area contributed by atoms with Crippen molar-refractivity contribution in [2.45, 2.75) is 20.8 Å². The SMILES string of the molecule is Cc1cc(C)c(C(=O)OCC(N)=O)c(C)c1. The van der Waals surface area contributed by atoms with Crippen LogP contribution in [0.25, 0.3) is 0 Å². The smallest absolute Gasteiger partial charge is 0.339 e. The number of primary amides is 1. The molecule has 1 rings (SSSR count). The summed E-state index contributed by atoms with van der Waals surface area (Å²) in [5.74, 6) is -1.16. The molecule has 1 aromatic carbocycles. The van der Waals surface area contributed by atoms with E-state index >= 15 is 0 Å². The number of benzene rings is 1. The Labute approximate surface area is 94.4 Å². The van der Waals surface area contributed by atoms with E-state index in [1.165, 1.54) is 0 Å². The number of ether oxygens (including phenoxy) is 1. The van der Waals surface area contributed by atoms with Gasteiger partial charge in [-0.05, 0) is 31.9 Å². The van der Waals surface area contributed by atoms with Crippen molar-refractivity contribution in [2.24, 2.45) is 5.73 Å². The zero-order valence-corrected chi connectivity index (χ0v) is 9.66. The van der Waals surface area contributed by atoms with Gasteiger partial charge in [0.25, 0.3) is 5.91 Å². The minimum absolute atomic E-state index is 0.383. The molecule has 0 radical (unpaired) electrons. The van der Waals surface area contributed by atoms with Crippen LogP contribution in [-0.2, 0) is 9.53 Å². The fraction of sp³-hybridized carbons (Fsp3) is 0.333. The maximum Gasteiger partial charge on any atom is 0.339 e. The highest BCUT2D eigenvalue weighted by Gasteiger charge is 2.14. The molecule has 0 saturated carbocycles. The highest BCUT2D eigenvalue weighted by Crippen LogP contribution is 2.17. The van der Waals surface area contributed by atoms with E-state index in [0.717, 1.165) is 16.7 Å². The summed E-state index contributed by atoms with van der Waals surface area (Å²) in [6.45, 7) is 5.24. The standard InChI is InChI=1S/C12H15NO3/c1-7-4-8(2)11(9(3)5-7)12(15)16-6-10(13)14/h4-5H,6H2,1-3H3,(H2,13,14). The van der Waals surface area contributed by atoms with E-state index in [1.807, 2.05) is 32.9 Å². The van der Waals surface area contributed by atoms with E-state index in [9.17, 15) is 9.59 Å². The van der Waals surface area contributed by atoms with Crippen molar-refractivity contribution in [1.82, 2.24) is 0 Å². The summed E-state index contributed by atoms with van der Waals surface area (Å²) in [5, 5.41) is 0. The predicted molar refractivity (Wildman–Crippen MR) is 60.1 cm³/mol. The second kappa shape index (κ2) is 4.79. The molecule has 0 aromatic heterocycles. The van der Waals surface area contributed by atoms with Crippen LogP contribution in [0.4, 0.5) is 0 Å². The van der Waals surface area contributed by atoms with Crippen LogP contribution < -0.4 is 5.73 Å². The number of carbonyl (C=O) groups excluding carboxylic acids is 2. The van der Waals surface area contributed by atoms with Crippen LogP contribution in [0.5, 0.6) is 0 Å². The molecule has 4 nitrogen and oxygen atoms in total. The second-order valence-electron chi connectivity index (χ2n) is 3.82. The fourth-order valence-corrected chi connectivity index (χ4v) is 1.71. The molecule has 0 aliphatic heterocycles. The third-order valence-electron chi connectivity index (χ3n) is 2.23. The molecule has 2 N–H and O–H groups in total. The van der Waals surface area contributed by atoms with E-state index in [-0.39, 0.29) is 6.61 Å². The first-order valence-corrected chi connectivity index (χ1v) is 4.95. The minimum Gasteiger partial charge on any atom is -0.452 e. The van der Waals surface area contributed by atoms with Crippen LogP contribution in [0.1, 0.15) is 27.0 Å². The number of carbonyl (C=O) groups is 2. The van der Waals surface area contributed by atoms with Gasteiger partial charge < -0.3 is 10.5 Å². The number of hydrogen-bond donors (Lipinski definition) is 1. The summed E-state index contributed by atoms with van der Waals surface area (Å²) in [5.41, 5.74) is 8.17. The monoisotopic (exact) mass is 221 g/mol. The molecule has 0 unspecified atom stereocenters. The van der Waals surface area contributed by atoms with Crippen LogP contribution >= 0.6 is 0 Å². The van der Waals surface area contributed by atoms with Crippen molar-refractivity contribution in [2.75, 3.05) is 6.61 Å². The van der Waals surface area contributed by atoms with E-state index in [2.05, 4.69) is 0 Å². The molecule has 0 aliphatic carbocycles. The number of rotatable bonds is 3. The third-order valence-corrected chi connectivity index (χ3v) is 2.23. The lowest BCUT2D eigenvalue weighted by atomic mass is 10.00. The molecule has 0 bridgehead atoms. The third kappa shape index (κ3) is 2.82. The molecule has 4 heteroatoms. The van der Waals surface area contributed by atoms with E-state index in [1.54, 1.807) is 0 Å². The molecule has 16 heavy (non-hydrogen) atoms. The number of nitrogens with two attached hydrogens (primary N) is 1. The Bertz CT molecular complexity index is 415. The van der Waals surface area contributed by atoms with Gasteiger partial charge in [-0.25, -0.2) is 4.79 Å². The van der Waals surface area contributed by atoms with Gasteiger partial charge in [-0.15, -0.1) is 0 Å². The second-order valence-corrected chi connectivity index (χ2v) is 3.82. The average Bonchev–Trinajstić information content (AvgIpc) is 2.12. The summed E-state index contributed by atoms with van der Waals surface area (Å²) in [4.78, 5) is 22.2. The minimum atomic E-state index is -0.657. The van der Waals surface area contributed by atoms with Crippen molar-refractivity contribution < 1.29 is 14.3 Å². The summed E-state index contributed by atoms with van der Waals surface area (Å²) in [7, 11) is 0. The lowest BCUT2D eigenvalue weighted by molar-refractivity contribution is -0.121. The molecule has 0 saturated heterocycles. The lowest BCUT2D eigenvalue weighted by Crippen LogP contribution is -2.21. The largest absolute Gasteiger partial charge is 0.452 e. The summed E-state index contributed by atoms with van der Waals surface area (Å²) in [6, 6.07) is 3.79. The van der Waals surface area contributed by atoms with Gasteiger partial charge in [0, 0.05) is 0 Å². The Morgan fingerprint density at radius 2 is 1.69 bits per heavy atom. The Morgan fingerprint density at radius 1 is 1.19 bits per heavy atom. The molecule has 0 fully saturated rings. The maximum absolute atomic E-state index is 11.7. The van der Waals surface area contributed by atoms with Gasteiger partial charge in [-0.3, -0.25) is 4.79 Å². The van der Waals surface area contributed by atoms with Gasteiger partial charge in [0.15, 0.2) is 6.61 Å². The Kier molecular flexibility index (Phi) is 3.66. The lowest BCUT2D eigenvalue weighted by Gasteiger charge is -2.10. The van der Waals surface area contributed by atoms with Crippen molar-refractivity contribution in [3.63, 3.8) is 0 Å². The van der Waals surface area contributed by atoms with Gasteiger partial charge in [0.05, 0.1) is 5.56 Å². The molecule has 0 spiro atoms. The van der Waals surface area contributed by atoms with Crippen molar-refractivity contribution in [1.29, 1.82) is 0 Å². The quantitative estimate of drug-likeness (QED) is 0.781. The zero-order chi connectivity index (χ0) is 12.3. The number of amides is 1. The number of hydrogen-bond acceptors (Lipinski definition) is 3. The number of esters is 1. The van der Waals surface area contributed by atoms with E-state index < -0.39 is 11.9 Å². The fourth-order valence-electron chi connectivity index (χ4n) is 1.71. The molecule has 1 aromatic rings. The molecular weight excluding hydrogens is 206 g/mol. The Balaban J connectivity index is 2.95. The van der Waals surface area contributed by atoms with E-state index in [0.29, 0.717) is 5.56 Å². The molecule has 86 valence electrons. The van der Waals surface area contributed by atoms with Gasteiger partial charge in [0.1, 0.15) is 0 Å². The highest BCUT2D eigenvalue weighted by atomic mass is 16.5. The summed E-state index contributed by atoms with van der Waals surface area (Å²) < 4.78 is 4.78. The summed E-state index contributed by atoms with van der Waals surface area (Å²) in [6.07, 6.45) is 0. The van der Waals surface area contributed by atoms with Crippen LogP contribution in [0, 0.1) is 20.8 Å². The summed E-state index contributed by atoms with van der Waals surface area (Å²) >= 11 is 0. The first kappa shape index (κ1) is 12.2. The maximum atomic E-state index is 11.7. The number of aryl methyl sites for hydroxylation is 3. The molecule has 0 atom stereocenters. The molecule has 0 heterocycles. The predicted octanol–water partition coefficient (Wildman–Crippen LogP) is 1.25. The Hall–Kier alpha value is -1.84. The van der Waals surface area contributed by atoms with Crippen LogP contribution in [0.3, 0.4) is 0 Å². The van der Waals surface area contributed by atoms with Crippen LogP contribution in [0.15, 0.2) is 12.1 Å². The van der Waals surface area contributed by atoms with Gasteiger partial charge >= 0.3 is 5.97 Å². The van der Waals surface area contributed by atoms with Gasteiger partial charge in [-0.2, -0.15) is 0 Å². The first-order valence-electron chi connectivity index (χ1n) is 4.95. The Morgan fingerprint density at radius 3 is 2.12 bits per heavy atom. The van der Waals surface area contributed by atoms with Crippen molar-refractivity contribution >= 4 is 11.9 Å². The van der Waals surface area contributed by atoms with Crippen molar-refractivity contribution in [3.8, 4) is 0 Å². The van der Waals surface area contributed by atoms with E-state index in [4.69, 9.17) is 10.5 Å². The molecule has 1 amide bonds. The zero-order valence-electron chi connectivity index (χ0n) is 9.66. The molecular formula is C12H15NO3.